The molecule has 0 aliphatic carbocycles. The normalized spacial score (nSPS) is 16.6. The van der Waals surface area contributed by atoms with Gasteiger partial charge in [0.15, 0.2) is 16.5 Å². The number of benzene rings is 1. The van der Waals surface area contributed by atoms with Gasteiger partial charge < -0.3 is 28.6 Å². The van der Waals surface area contributed by atoms with Gasteiger partial charge >= 0.3 is 5.97 Å². The average Bonchev–Trinajstić information content (AvgIpc) is 3.22. The fourth-order valence-corrected chi connectivity index (χ4v) is 2.99. The standard InChI is InChI=1S/C18H18ClNO6/c1-23-13-6-5-11(8-14(13)24-2)9-20(10-12-4-3-7-25-12)16-15(19)17(21)26-18(16)22/h3-8,18,22H,9-10H2,1-2H3. The number of esters is 1. The van der Waals surface area contributed by atoms with Crippen LogP contribution in [0.5, 0.6) is 11.5 Å². The molecule has 1 N–H and O–H groups in total. The largest absolute Gasteiger partial charge is 0.493 e. The van der Waals surface area contributed by atoms with Gasteiger partial charge in [0.25, 0.3) is 0 Å². The maximum atomic E-state index is 11.7. The van der Waals surface area contributed by atoms with E-state index >= 15 is 0 Å². The van der Waals surface area contributed by atoms with E-state index in [2.05, 4.69) is 0 Å². The van der Waals surface area contributed by atoms with Gasteiger partial charge in [-0.05, 0) is 29.8 Å². The molecule has 138 valence electrons. The third-order valence-corrected chi connectivity index (χ3v) is 4.29. The van der Waals surface area contributed by atoms with Gasteiger partial charge in [-0.3, -0.25) is 0 Å². The number of hydrogen-bond donors (Lipinski definition) is 1. The van der Waals surface area contributed by atoms with Crippen molar-refractivity contribution in [3.8, 4) is 11.5 Å². The van der Waals surface area contributed by atoms with Crippen molar-refractivity contribution < 1.29 is 28.5 Å². The second-order valence-electron chi connectivity index (χ2n) is 5.58. The average molecular weight is 380 g/mol. The Morgan fingerprint density at radius 3 is 2.54 bits per heavy atom. The Morgan fingerprint density at radius 1 is 1.19 bits per heavy atom. The van der Waals surface area contributed by atoms with Gasteiger partial charge in [0, 0.05) is 6.54 Å². The molecule has 3 rings (SSSR count). The Bertz CT molecular complexity index is 817. The molecule has 0 amide bonds. The number of rotatable bonds is 7. The molecule has 8 heteroatoms. The zero-order valence-corrected chi connectivity index (χ0v) is 15.0. The summed E-state index contributed by atoms with van der Waals surface area (Å²) in [5, 5.41) is 9.94. The van der Waals surface area contributed by atoms with Crippen LogP contribution in [-0.2, 0) is 22.6 Å². The van der Waals surface area contributed by atoms with E-state index in [0.29, 0.717) is 30.3 Å². The van der Waals surface area contributed by atoms with Gasteiger partial charge in [0.1, 0.15) is 11.5 Å². The first-order valence-electron chi connectivity index (χ1n) is 7.80. The first kappa shape index (κ1) is 18.2. The smallest absolute Gasteiger partial charge is 0.354 e. The number of hydrogen-bond acceptors (Lipinski definition) is 7. The molecule has 2 aromatic rings. The highest BCUT2D eigenvalue weighted by atomic mass is 35.5. The number of carbonyl (C=O) groups excluding carboxylic acids is 1. The first-order valence-corrected chi connectivity index (χ1v) is 8.18. The van der Waals surface area contributed by atoms with Crippen molar-refractivity contribution in [3.05, 3.63) is 58.6 Å². The lowest BCUT2D eigenvalue weighted by Crippen LogP contribution is -2.28. The molecule has 1 atom stereocenters. The zero-order chi connectivity index (χ0) is 18.7. The summed E-state index contributed by atoms with van der Waals surface area (Å²) < 4.78 is 20.7. The quantitative estimate of drug-likeness (QED) is 0.740. The minimum atomic E-state index is -1.43. The summed E-state index contributed by atoms with van der Waals surface area (Å²) in [6.45, 7) is 0.626. The van der Waals surface area contributed by atoms with Crippen molar-refractivity contribution in [1.82, 2.24) is 4.90 Å². The Hall–Kier alpha value is -2.64. The minimum Gasteiger partial charge on any atom is -0.493 e. The number of ether oxygens (including phenoxy) is 3. The van der Waals surface area contributed by atoms with Crippen LogP contribution < -0.4 is 9.47 Å². The monoisotopic (exact) mass is 379 g/mol. The fourth-order valence-electron chi connectivity index (χ4n) is 2.73. The molecule has 7 nitrogen and oxygen atoms in total. The summed E-state index contributed by atoms with van der Waals surface area (Å²) in [5.74, 6) is 1.06. The van der Waals surface area contributed by atoms with Gasteiger partial charge in [-0.25, -0.2) is 4.79 Å². The maximum Gasteiger partial charge on any atom is 0.354 e. The van der Waals surface area contributed by atoms with Gasteiger partial charge in [-0.2, -0.15) is 0 Å². The molecule has 1 aliphatic heterocycles. The van der Waals surface area contributed by atoms with E-state index in [4.69, 9.17) is 30.2 Å². The molecule has 1 aliphatic rings. The van der Waals surface area contributed by atoms with E-state index in [-0.39, 0.29) is 10.7 Å². The molecule has 0 radical (unpaired) electrons. The highest BCUT2D eigenvalue weighted by molar-refractivity contribution is 6.42. The van der Waals surface area contributed by atoms with E-state index in [1.54, 1.807) is 43.6 Å². The number of carbonyl (C=O) groups is 1. The molecule has 1 aromatic carbocycles. The lowest BCUT2D eigenvalue weighted by Gasteiger charge is -2.26. The van der Waals surface area contributed by atoms with Crippen molar-refractivity contribution in [2.75, 3.05) is 14.2 Å². The summed E-state index contributed by atoms with van der Waals surface area (Å²) in [6, 6.07) is 9.00. The molecule has 0 spiro atoms. The van der Waals surface area contributed by atoms with Crippen LogP contribution in [0.2, 0.25) is 0 Å². The molecule has 1 unspecified atom stereocenters. The maximum absolute atomic E-state index is 11.7. The zero-order valence-electron chi connectivity index (χ0n) is 14.3. The SMILES string of the molecule is COc1ccc(CN(Cc2ccco2)C2=C(Cl)C(=O)OC2O)cc1OC. The molecule has 0 fully saturated rings. The molecule has 0 saturated carbocycles. The minimum absolute atomic E-state index is 0.149. The molecule has 2 heterocycles. The highest BCUT2D eigenvalue weighted by Crippen LogP contribution is 2.32. The van der Waals surface area contributed by atoms with E-state index in [0.717, 1.165) is 5.56 Å². The van der Waals surface area contributed by atoms with Crippen molar-refractivity contribution >= 4 is 17.6 Å². The third kappa shape index (κ3) is 3.63. The van der Waals surface area contributed by atoms with Gasteiger partial charge in [-0.1, -0.05) is 17.7 Å². The van der Waals surface area contributed by atoms with Crippen molar-refractivity contribution in [1.29, 1.82) is 0 Å². The Kier molecular flexibility index (Phi) is 5.39. The van der Waals surface area contributed by atoms with Crippen molar-refractivity contribution in [2.24, 2.45) is 0 Å². The predicted octanol–water partition coefficient (Wildman–Crippen LogP) is 2.62. The number of furan rings is 1. The van der Waals surface area contributed by atoms with Gasteiger partial charge in [0.05, 0.1) is 27.0 Å². The number of cyclic esters (lactones) is 1. The number of nitrogens with zero attached hydrogens (tertiary/aromatic N) is 1. The predicted molar refractivity (Wildman–Crippen MR) is 92.5 cm³/mol. The lowest BCUT2D eigenvalue weighted by molar-refractivity contribution is -0.152. The molecule has 26 heavy (non-hydrogen) atoms. The molecular formula is C18H18ClNO6. The van der Waals surface area contributed by atoms with Gasteiger partial charge in [-0.15, -0.1) is 0 Å². The second kappa shape index (κ2) is 7.72. The number of methoxy groups -OCH3 is 2. The fraction of sp³-hybridized carbons (Fsp3) is 0.278. The summed E-state index contributed by atoms with van der Waals surface area (Å²) in [6.07, 6.45) is 0.122. The van der Waals surface area contributed by atoms with Crippen LogP contribution in [0, 0.1) is 0 Å². The van der Waals surface area contributed by atoms with Crippen LogP contribution in [0.1, 0.15) is 11.3 Å². The summed E-state index contributed by atoms with van der Waals surface area (Å²) in [7, 11) is 3.11. The summed E-state index contributed by atoms with van der Waals surface area (Å²) >= 11 is 6.06. The molecule has 1 aromatic heterocycles. The second-order valence-corrected chi connectivity index (χ2v) is 5.96. The van der Waals surface area contributed by atoms with Crippen LogP contribution in [0.4, 0.5) is 0 Å². The van der Waals surface area contributed by atoms with E-state index in [9.17, 15) is 9.90 Å². The number of aliphatic hydroxyl groups is 1. The van der Waals surface area contributed by atoms with E-state index in [1.165, 1.54) is 0 Å². The van der Waals surface area contributed by atoms with Crippen LogP contribution in [0.15, 0.2) is 51.7 Å². The van der Waals surface area contributed by atoms with E-state index < -0.39 is 12.3 Å². The van der Waals surface area contributed by atoms with Crippen molar-refractivity contribution in [2.45, 2.75) is 19.4 Å². The van der Waals surface area contributed by atoms with Crippen LogP contribution >= 0.6 is 11.6 Å². The Labute approximate surface area is 155 Å². The number of aliphatic hydroxyl groups excluding tert-OH is 1. The first-order chi connectivity index (χ1) is 12.5. The summed E-state index contributed by atoms with van der Waals surface area (Å²) in [5.41, 5.74) is 1.06. The van der Waals surface area contributed by atoms with Gasteiger partial charge in [0.2, 0.25) is 6.29 Å². The van der Waals surface area contributed by atoms with Crippen LogP contribution in [-0.4, -0.2) is 36.5 Å². The highest BCUT2D eigenvalue weighted by Gasteiger charge is 2.35. The molecule has 0 saturated heterocycles. The van der Waals surface area contributed by atoms with Crippen molar-refractivity contribution in [3.63, 3.8) is 0 Å². The number of halogens is 1. The third-order valence-electron chi connectivity index (χ3n) is 3.95. The Balaban J connectivity index is 1.93. The van der Waals surface area contributed by atoms with Crippen LogP contribution in [0.25, 0.3) is 0 Å². The molecular weight excluding hydrogens is 362 g/mol. The topological polar surface area (TPSA) is 81.4 Å². The molecule has 0 bridgehead atoms. The van der Waals surface area contributed by atoms with Crippen LogP contribution in [0.3, 0.4) is 0 Å². The summed E-state index contributed by atoms with van der Waals surface area (Å²) in [4.78, 5) is 13.4. The Morgan fingerprint density at radius 2 is 1.96 bits per heavy atom. The van der Waals surface area contributed by atoms with E-state index in [1.807, 2.05) is 12.1 Å². The lowest BCUT2D eigenvalue weighted by atomic mass is 10.1.